The molecule has 0 saturated heterocycles. The SMILES string of the molecule is CC(C)=CCC/C(C)=C/CC/C(C)=C\CCC(=O)Oc1c(C)c(C)c2c(c1C)CC[C@@](C)(CCC[C@H](C)CCC[C@H](C)CCCC(C)C)O2. The van der Waals surface area contributed by atoms with Gasteiger partial charge in [0.05, 0.1) is 0 Å². The lowest BCUT2D eigenvalue weighted by atomic mass is 9.83. The molecule has 0 fully saturated rings. The Kier molecular flexibility index (Phi) is 19.1. The predicted molar refractivity (Wildman–Crippen MR) is 213 cm³/mol. The average Bonchev–Trinajstić information content (AvgIpc) is 3.01. The van der Waals surface area contributed by atoms with Crippen molar-refractivity contribution in [1.82, 2.24) is 0 Å². The second kappa shape index (κ2) is 21.8. The molecular weight excluding hydrogens is 601 g/mol. The molecule has 49 heavy (non-hydrogen) atoms. The third-order valence-electron chi connectivity index (χ3n) is 11.0. The molecule has 1 heterocycles. The maximum Gasteiger partial charge on any atom is 0.311 e. The van der Waals surface area contributed by atoms with Gasteiger partial charge in [-0.2, -0.15) is 0 Å². The van der Waals surface area contributed by atoms with Gasteiger partial charge in [0.2, 0.25) is 0 Å². The number of rotatable bonds is 22. The summed E-state index contributed by atoms with van der Waals surface area (Å²) in [5.74, 6) is 4.09. The monoisotopic (exact) mass is 677 g/mol. The number of hydrogen-bond acceptors (Lipinski definition) is 3. The molecule has 0 aromatic heterocycles. The molecule has 3 nitrogen and oxygen atoms in total. The van der Waals surface area contributed by atoms with Crippen molar-refractivity contribution >= 4 is 5.97 Å². The van der Waals surface area contributed by atoms with E-state index in [9.17, 15) is 4.79 Å². The molecule has 0 radical (unpaired) electrons. The lowest BCUT2D eigenvalue weighted by Gasteiger charge is -2.38. The largest absolute Gasteiger partial charge is 0.487 e. The van der Waals surface area contributed by atoms with Crippen LogP contribution in [0.1, 0.15) is 187 Å². The number of allylic oxidation sites excluding steroid dienone is 6. The molecule has 0 N–H and O–H groups in total. The van der Waals surface area contributed by atoms with Crippen molar-refractivity contribution in [1.29, 1.82) is 0 Å². The second-order valence-corrected chi connectivity index (χ2v) is 16.9. The molecule has 0 bridgehead atoms. The van der Waals surface area contributed by atoms with Crippen molar-refractivity contribution in [3.63, 3.8) is 0 Å². The van der Waals surface area contributed by atoms with Gasteiger partial charge in [-0.15, -0.1) is 0 Å². The Hall–Kier alpha value is -2.29. The van der Waals surface area contributed by atoms with Crippen LogP contribution in [0.4, 0.5) is 0 Å². The van der Waals surface area contributed by atoms with Gasteiger partial charge in [0.15, 0.2) is 0 Å². The summed E-state index contributed by atoms with van der Waals surface area (Å²) in [4.78, 5) is 13.0. The van der Waals surface area contributed by atoms with Gasteiger partial charge in [0.1, 0.15) is 17.1 Å². The fraction of sp³-hybridized carbons (Fsp3) is 0.717. The quantitative estimate of drug-likeness (QED) is 0.0696. The van der Waals surface area contributed by atoms with Crippen LogP contribution in [0.15, 0.2) is 34.9 Å². The van der Waals surface area contributed by atoms with Gasteiger partial charge in [0, 0.05) is 12.0 Å². The minimum Gasteiger partial charge on any atom is -0.487 e. The number of carbonyl (C=O) groups is 1. The molecule has 0 spiro atoms. The standard InChI is InChI=1S/C46H76O3/c1-33(2)19-13-21-35(5)23-15-25-37(7)27-17-29-43(47)48-44-39(9)40(10)45-42(41(44)11)30-32-46(12,49-45)31-18-28-38(8)26-16-24-36(6)22-14-20-34(3)4/h19,23,27,34,36,38H,13-18,20-22,24-26,28-32H2,1-12H3/b35-23+,37-27-/t36-,38-,46-/m1/s1. The third-order valence-corrected chi connectivity index (χ3v) is 11.0. The molecule has 0 amide bonds. The van der Waals surface area contributed by atoms with Crippen LogP contribution in [0.3, 0.4) is 0 Å². The number of fused-ring (bicyclic) bond motifs is 1. The molecule has 3 atom stereocenters. The normalized spacial score (nSPS) is 17.8. The summed E-state index contributed by atoms with van der Waals surface area (Å²) in [6.45, 7) is 26.9. The lowest BCUT2D eigenvalue weighted by Crippen LogP contribution is -2.37. The molecule has 2 rings (SSSR count). The first-order chi connectivity index (χ1) is 23.1. The van der Waals surface area contributed by atoms with Gasteiger partial charge in [-0.05, 0) is 148 Å². The van der Waals surface area contributed by atoms with Crippen molar-refractivity contribution in [2.75, 3.05) is 0 Å². The van der Waals surface area contributed by atoms with Crippen LogP contribution in [0.25, 0.3) is 0 Å². The summed E-state index contributed by atoms with van der Waals surface area (Å²) in [5, 5.41) is 0. The number of esters is 1. The maximum atomic E-state index is 13.0. The van der Waals surface area contributed by atoms with Crippen molar-refractivity contribution in [2.45, 2.75) is 198 Å². The van der Waals surface area contributed by atoms with E-state index in [0.717, 1.165) is 90.9 Å². The summed E-state index contributed by atoms with van der Waals surface area (Å²) in [6.07, 6.45) is 26.1. The van der Waals surface area contributed by atoms with Gasteiger partial charge in [-0.3, -0.25) is 4.79 Å². The van der Waals surface area contributed by atoms with E-state index in [0.29, 0.717) is 12.8 Å². The van der Waals surface area contributed by atoms with Crippen LogP contribution >= 0.6 is 0 Å². The number of ether oxygens (including phenoxy) is 2. The lowest BCUT2D eigenvalue weighted by molar-refractivity contribution is -0.134. The molecule has 3 heteroatoms. The van der Waals surface area contributed by atoms with Crippen molar-refractivity contribution in [3.05, 3.63) is 57.2 Å². The number of carbonyl (C=O) groups excluding carboxylic acids is 1. The molecule has 1 aliphatic heterocycles. The van der Waals surface area contributed by atoms with Crippen LogP contribution in [-0.4, -0.2) is 11.6 Å². The van der Waals surface area contributed by atoms with Crippen LogP contribution in [0.5, 0.6) is 11.5 Å². The van der Waals surface area contributed by atoms with E-state index in [-0.39, 0.29) is 11.6 Å². The molecule has 1 aliphatic rings. The Morgan fingerprint density at radius 3 is 1.84 bits per heavy atom. The smallest absolute Gasteiger partial charge is 0.311 e. The first kappa shape index (κ1) is 42.9. The zero-order valence-electron chi connectivity index (χ0n) is 34.2. The van der Waals surface area contributed by atoms with Crippen LogP contribution in [0.2, 0.25) is 0 Å². The van der Waals surface area contributed by atoms with E-state index in [2.05, 4.69) is 101 Å². The Morgan fingerprint density at radius 2 is 1.27 bits per heavy atom. The van der Waals surface area contributed by atoms with Gasteiger partial charge < -0.3 is 9.47 Å². The topological polar surface area (TPSA) is 35.5 Å². The Morgan fingerprint density at radius 1 is 0.735 bits per heavy atom. The van der Waals surface area contributed by atoms with Gasteiger partial charge in [0.25, 0.3) is 0 Å². The highest BCUT2D eigenvalue weighted by molar-refractivity contribution is 5.74. The van der Waals surface area contributed by atoms with Crippen molar-refractivity contribution in [2.24, 2.45) is 17.8 Å². The van der Waals surface area contributed by atoms with Crippen molar-refractivity contribution in [3.8, 4) is 11.5 Å². The van der Waals surface area contributed by atoms with Gasteiger partial charge >= 0.3 is 5.97 Å². The van der Waals surface area contributed by atoms with E-state index in [4.69, 9.17) is 9.47 Å². The molecule has 1 aromatic carbocycles. The maximum absolute atomic E-state index is 13.0. The highest BCUT2D eigenvalue weighted by Crippen LogP contribution is 2.45. The highest BCUT2D eigenvalue weighted by atomic mass is 16.5. The zero-order chi connectivity index (χ0) is 36.6. The van der Waals surface area contributed by atoms with E-state index in [1.54, 1.807) is 0 Å². The average molecular weight is 677 g/mol. The summed E-state index contributed by atoms with van der Waals surface area (Å²) < 4.78 is 12.9. The minimum absolute atomic E-state index is 0.135. The summed E-state index contributed by atoms with van der Waals surface area (Å²) in [6, 6.07) is 0. The summed E-state index contributed by atoms with van der Waals surface area (Å²) >= 11 is 0. The summed E-state index contributed by atoms with van der Waals surface area (Å²) in [5.41, 5.74) is 8.48. The van der Waals surface area contributed by atoms with E-state index >= 15 is 0 Å². The fourth-order valence-electron chi connectivity index (χ4n) is 7.35. The fourth-order valence-corrected chi connectivity index (χ4v) is 7.35. The number of benzene rings is 1. The van der Waals surface area contributed by atoms with Gasteiger partial charge in [-0.25, -0.2) is 0 Å². The molecule has 1 aromatic rings. The van der Waals surface area contributed by atoms with E-state index < -0.39 is 0 Å². The Bertz CT molecular complexity index is 1260. The van der Waals surface area contributed by atoms with E-state index in [1.807, 2.05) is 0 Å². The summed E-state index contributed by atoms with van der Waals surface area (Å²) in [7, 11) is 0. The van der Waals surface area contributed by atoms with Crippen molar-refractivity contribution < 1.29 is 14.3 Å². The molecule has 0 aliphatic carbocycles. The highest BCUT2D eigenvalue weighted by Gasteiger charge is 2.34. The first-order valence-electron chi connectivity index (χ1n) is 20.1. The molecule has 0 saturated carbocycles. The van der Waals surface area contributed by atoms with Gasteiger partial charge in [-0.1, -0.05) is 108 Å². The zero-order valence-corrected chi connectivity index (χ0v) is 34.2. The van der Waals surface area contributed by atoms with E-state index in [1.165, 1.54) is 73.6 Å². The van der Waals surface area contributed by atoms with Crippen LogP contribution < -0.4 is 9.47 Å². The first-order valence-corrected chi connectivity index (χ1v) is 20.1. The molecule has 278 valence electrons. The minimum atomic E-state index is -0.152. The van der Waals surface area contributed by atoms with Crippen LogP contribution in [0, 0.1) is 38.5 Å². The number of hydrogen-bond donors (Lipinski definition) is 0. The Labute approximate surface area is 303 Å². The van der Waals surface area contributed by atoms with Crippen LogP contribution in [-0.2, 0) is 11.2 Å². The second-order valence-electron chi connectivity index (χ2n) is 16.9. The predicted octanol–water partition coefficient (Wildman–Crippen LogP) is 14.2. The third kappa shape index (κ3) is 16.1. The Balaban J connectivity index is 1.83. The molecular formula is C46H76O3. The molecule has 0 unspecified atom stereocenters.